The molecular weight excluding hydrogens is 200 g/mol. The van der Waals surface area contributed by atoms with Gasteiger partial charge in [-0.25, -0.2) is 4.98 Å². The first-order valence-electron chi connectivity index (χ1n) is 2.74. The topological polar surface area (TPSA) is 25.8 Å². The van der Waals surface area contributed by atoms with Crippen LogP contribution in [0.4, 0.5) is 0 Å². The third-order valence-electron chi connectivity index (χ3n) is 0.941. The molecule has 0 unspecified atom stereocenters. The fraction of sp³-hybridized carbons (Fsp3) is 0.600. The maximum atomic E-state index is 4.21. The summed E-state index contributed by atoms with van der Waals surface area (Å²) < 4.78 is 4.11. The van der Waals surface area contributed by atoms with Gasteiger partial charge in [-0.05, 0) is 11.5 Å². The molecule has 2 nitrogen and oxygen atoms in total. The van der Waals surface area contributed by atoms with Gasteiger partial charge in [0.15, 0.2) is 0 Å². The minimum atomic E-state index is 0.824. The summed E-state index contributed by atoms with van der Waals surface area (Å²) >= 11 is 4.77. The van der Waals surface area contributed by atoms with Crippen molar-refractivity contribution in [2.75, 3.05) is 0 Å². The van der Waals surface area contributed by atoms with Crippen LogP contribution in [0.5, 0.6) is 0 Å². The summed E-state index contributed by atoms with van der Waals surface area (Å²) in [5, 5.41) is 1.89. The molecule has 0 fully saturated rings. The highest BCUT2D eigenvalue weighted by atomic mass is 79.9. The van der Waals surface area contributed by atoms with E-state index in [1.807, 2.05) is 0 Å². The van der Waals surface area contributed by atoms with Crippen molar-refractivity contribution in [1.82, 2.24) is 9.36 Å². The first-order valence-corrected chi connectivity index (χ1v) is 4.63. The zero-order chi connectivity index (χ0) is 6.69. The number of hydrogen-bond acceptors (Lipinski definition) is 3. The number of halogens is 1. The van der Waals surface area contributed by atoms with Crippen molar-refractivity contribution in [3.8, 4) is 0 Å². The quantitative estimate of drug-likeness (QED) is 0.693. The van der Waals surface area contributed by atoms with Crippen LogP contribution in [0.1, 0.15) is 17.8 Å². The highest BCUT2D eigenvalue weighted by Crippen LogP contribution is 2.08. The molecule has 0 amide bonds. The number of aromatic nitrogens is 2. The van der Waals surface area contributed by atoms with E-state index in [4.69, 9.17) is 0 Å². The van der Waals surface area contributed by atoms with Gasteiger partial charge in [0.25, 0.3) is 0 Å². The van der Waals surface area contributed by atoms with Gasteiger partial charge in [-0.15, -0.1) is 0 Å². The van der Waals surface area contributed by atoms with E-state index in [0.29, 0.717) is 0 Å². The Kier molecular flexibility index (Phi) is 2.60. The Morgan fingerprint density at radius 3 is 2.78 bits per heavy atom. The second-order valence-corrected chi connectivity index (χ2v) is 2.99. The second kappa shape index (κ2) is 3.27. The van der Waals surface area contributed by atoms with Crippen molar-refractivity contribution in [1.29, 1.82) is 0 Å². The molecule has 1 aromatic heterocycles. The van der Waals surface area contributed by atoms with Crippen LogP contribution in [0.25, 0.3) is 0 Å². The Balaban J connectivity index is 2.74. The van der Waals surface area contributed by atoms with E-state index in [1.54, 1.807) is 0 Å². The van der Waals surface area contributed by atoms with Crippen LogP contribution in [0.15, 0.2) is 0 Å². The molecule has 1 aromatic rings. The molecule has 4 heteroatoms. The number of hydrogen-bond donors (Lipinski definition) is 0. The van der Waals surface area contributed by atoms with Gasteiger partial charge in [-0.3, -0.25) is 0 Å². The maximum Gasteiger partial charge on any atom is 0.142 e. The molecule has 1 rings (SSSR count). The molecule has 0 saturated heterocycles. The summed E-state index contributed by atoms with van der Waals surface area (Å²) in [7, 11) is 0. The van der Waals surface area contributed by atoms with E-state index >= 15 is 0 Å². The minimum absolute atomic E-state index is 0.824. The van der Waals surface area contributed by atoms with Gasteiger partial charge in [-0.1, -0.05) is 22.9 Å². The van der Waals surface area contributed by atoms with E-state index in [2.05, 4.69) is 32.2 Å². The molecule has 0 atom stereocenters. The van der Waals surface area contributed by atoms with Crippen molar-refractivity contribution in [3.63, 3.8) is 0 Å². The predicted molar refractivity (Wildman–Crippen MR) is 41.9 cm³/mol. The van der Waals surface area contributed by atoms with Crippen LogP contribution in [0, 0.1) is 0 Å². The van der Waals surface area contributed by atoms with Gasteiger partial charge in [0.2, 0.25) is 0 Å². The molecule has 50 valence electrons. The van der Waals surface area contributed by atoms with Crippen molar-refractivity contribution in [2.45, 2.75) is 18.7 Å². The minimum Gasteiger partial charge on any atom is -0.224 e. The highest BCUT2D eigenvalue weighted by Gasteiger charge is 1.97. The molecule has 0 bridgehead atoms. The Morgan fingerprint density at radius 1 is 1.67 bits per heavy atom. The summed E-state index contributed by atoms with van der Waals surface area (Å²) in [6.45, 7) is 2.06. The SMILES string of the molecule is CCc1nsc(CBr)n1. The Labute approximate surface area is 66.6 Å². The van der Waals surface area contributed by atoms with Gasteiger partial charge in [0, 0.05) is 6.42 Å². The Bertz CT molecular complexity index is 168. The molecule has 0 radical (unpaired) electrons. The Hall–Kier alpha value is 0.0400. The lowest BCUT2D eigenvalue weighted by atomic mass is 10.5. The number of alkyl halides is 1. The van der Waals surface area contributed by atoms with Crippen molar-refractivity contribution >= 4 is 27.5 Å². The van der Waals surface area contributed by atoms with E-state index in [0.717, 1.165) is 22.6 Å². The lowest BCUT2D eigenvalue weighted by molar-refractivity contribution is 0.985. The molecule has 0 aromatic carbocycles. The van der Waals surface area contributed by atoms with Crippen LogP contribution in [-0.4, -0.2) is 9.36 Å². The number of aryl methyl sites for hydroxylation is 1. The fourth-order valence-electron chi connectivity index (χ4n) is 0.488. The second-order valence-electron chi connectivity index (χ2n) is 1.59. The van der Waals surface area contributed by atoms with Crippen LogP contribution in [0.2, 0.25) is 0 Å². The average Bonchev–Trinajstić information content (AvgIpc) is 2.34. The van der Waals surface area contributed by atoms with Crippen LogP contribution in [0.3, 0.4) is 0 Å². The van der Waals surface area contributed by atoms with Gasteiger partial charge < -0.3 is 0 Å². The van der Waals surface area contributed by atoms with E-state index in [-0.39, 0.29) is 0 Å². The van der Waals surface area contributed by atoms with E-state index in [1.165, 1.54) is 11.5 Å². The molecule has 9 heavy (non-hydrogen) atoms. The third kappa shape index (κ3) is 1.72. The summed E-state index contributed by atoms with van der Waals surface area (Å²) in [5.74, 6) is 0.953. The highest BCUT2D eigenvalue weighted by molar-refractivity contribution is 9.08. The van der Waals surface area contributed by atoms with E-state index in [9.17, 15) is 0 Å². The van der Waals surface area contributed by atoms with Crippen molar-refractivity contribution < 1.29 is 0 Å². The van der Waals surface area contributed by atoms with E-state index < -0.39 is 0 Å². The van der Waals surface area contributed by atoms with Crippen molar-refractivity contribution in [2.24, 2.45) is 0 Å². The maximum absolute atomic E-state index is 4.21. The zero-order valence-electron chi connectivity index (χ0n) is 5.09. The summed E-state index contributed by atoms with van der Waals surface area (Å²) in [6, 6.07) is 0. The third-order valence-corrected chi connectivity index (χ3v) is 2.59. The van der Waals surface area contributed by atoms with Gasteiger partial charge >= 0.3 is 0 Å². The molecule has 0 saturated carbocycles. The zero-order valence-corrected chi connectivity index (χ0v) is 7.50. The lowest BCUT2D eigenvalue weighted by Gasteiger charge is -1.79. The summed E-state index contributed by atoms with van der Waals surface area (Å²) in [5.41, 5.74) is 0. The molecular formula is C5H7BrN2S. The normalized spacial score (nSPS) is 10.0. The smallest absolute Gasteiger partial charge is 0.142 e. The first-order chi connectivity index (χ1) is 4.36. The van der Waals surface area contributed by atoms with Gasteiger partial charge in [0.1, 0.15) is 10.8 Å². The monoisotopic (exact) mass is 206 g/mol. The molecule has 0 aliphatic rings. The molecule has 0 aliphatic carbocycles. The first kappa shape index (κ1) is 7.15. The average molecular weight is 207 g/mol. The van der Waals surface area contributed by atoms with Crippen LogP contribution in [-0.2, 0) is 11.8 Å². The summed E-state index contributed by atoms with van der Waals surface area (Å²) in [6.07, 6.45) is 0.934. The summed E-state index contributed by atoms with van der Waals surface area (Å²) in [4.78, 5) is 4.21. The van der Waals surface area contributed by atoms with Gasteiger partial charge in [-0.2, -0.15) is 4.37 Å². The fourth-order valence-corrected chi connectivity index (χ4v) is 1.50. The van der Waals surface area contributed by atoms with Crippen LogP contribution >= 0.6 is 27.5 Å². The standard InChI is InChI=1S/C5H7BrN2S/c1-2-4-7-5(3-6)9-8-4/h2-3H2,1H3. The largest absolute Gasteiger partial charge is 0.224 e. The Morgan fingerprint density at radius 2 is 2.44 bits per heavy atom. The number of nitrogens with zero attached hydrogens (tertiary/aromatic N) is 2. The molecule has 0 aliphatic heterocycles. The van der Waals surface area contributed by atoms with Crippen molar-refractivity contribution in [3.05, 3.63) is 10.8 Å². The predicted octanol–water partition coefficient (Wildman–Crippen LogP) is 2.00. The van der Waals surface area contributed by atoms with Crippen LogP contribution < -0.4 is 0 Å². The lowest BCUT2D eigenvalue weighted by Crippen LogP contribution is -1.81. The van der Waals surface area contributed by atoms with Gasteiger partial charge in [0.05, 0.1) is 5.33 Å². The molecule has 1 heterocycles. The number of rotatable bonds is 2. The molecule has 0 N–H and O–H groups in total. The molecule has 0 spiro atoms.